The zero-order chi connectivity index (χ0) is 17.9. The summed E-state index contributed by atoms with van der Waals surface area (Å²) in [6.07, 6.45) is 2.83. The molecule has 1 aliphatic rings. The van der Waals surface area contributed by atoms with Crippen LogP contribution in [-0.2, 0) is 9.59 Å². The molecule has 1 atom stereocenters. The van der Waals surface area contributed by atoms with Crippen molar-refractivity contribution in [3.05, 3.63) is 45.9 Å². The van der Waals surface area contributed by atoms with Gasteiger partial charge in [0.25, 0.3) is 5.91 Å². The van der Waals surface area contributed by atoms with E-state index in [4.69, 9.17) is 22.1 Å². The van der Waals surface area contributed by atoms with E-state index in [1.54, 1.807) is 6.07 Å². The van der Waals surface area contributed by atoms with E-state index in [0.717, 1.165) is 16.7 Å². The van der Waals surface area contributed by atoms with Gasteiger partial charge in [0.05, 0.1) is 4.91 Å². The molecule has 1 fully saturated rings. The number of ether oxygens (including phenoxy) is 1. The van der Waals surface area contributed by atoms with Gasteiger partial charge in [0.1, 0.15) is 10.1 Å². The Bertz CT molecular complexity index is 768. The van der Waals surface area contributed by atoms with Crippen LogP contribution in [0.15, 0.2) is 34.8 Å². The number of rotatable bonds is 5. The fraction of sp³-hybridized carbons (Fsp3) is 0.235. The van der Waals surface area contributed by atoms with Gasteiger partial charge in [0.2, 0.25) is 0 Å². The third-order valence-corrected chi connectivity index (χ3v) is 4.70. The summed E-state index contributed by atoms with van der Waals surface area (Å²) in [6.45, 7) is 5.19. The summed E-state index contributed by atoms with van der Waals surface area (Å²) < 4.78 is 5.86. The lowest BCUT2D eigenvalue weighted by Crippen LogP contribution is -2.23. The first-order chi connectivity index (χ1) is 11.3. The molecule has 1 amide bonds. The lowest BCUT2D eigenvalue weighted by atomic mass is 10.1. The second-order valence-electron chi connectivity index (χ2n) is 5.31. The number of carboxylic acids is 1. The van der Waals surface area contributed by atoms with Gasteiger partial charge >= 0.3 is 5.97 Å². The number of amides is 1. The first kappa shape index (κ1) is 18.2. The maximum atomic E-state index is 11.7. The number of thiocarbonyl (C=S) groups is 1. The molecule has 2 rings (SSSR count). The standard InChI is InChI=1S/C17H17NO4S2/c1-9(14-15(19)18-17(23)24-14)4-5-12-6-7-13(10(2)8-12)22-11(3)16(20)21/h4-8,11H,1-3H3,(H,20,21)(H,18,19,23). The summed E-state index contributed by atoms with van der Waals surface area (Å²) in [5.74, 6) is -0.645. The molecule has 0 bridgehead atoms. The van der Waals surface area contributed by atoms with Gasteiger partial charge in [-0.25, -0.2) is 4.79 Å². The van der Waals surface area contributed by atoms with Crippen molar-refractivity contribution in [1.29, 1.82) is 0 Å². The Balaban J connectivity index is 2.15. The molecule has 0 aromatic heterocycles. The molecule has 1 saturated heterocycles. The Morgan fingerprint density at radius 3 is 2.71 bits per heavy atom. The fourth-order valence-electron chi connectivity index (χ4n) is 2.02. The third kappa shape index (κ3) is 4.46. The average molecular weight is 363 g/mol. The van der Waals surface area contributed by atoms with Gasteiger partial charge in [-0.3, -0.25) is 4.79 Å². The maximum Gasteiger partial charge on any atom is 0.344 e. The van der Waals surface area contributed by atoms with Crippen LogP contribution in [0.1, 0.15) is 25.0 Å². The van der Waals surface area contributed by atoms with Gasteiger partial charge in [0, 0.05) is 0 Å². The lowest BCUT2D eigenvalue weighted by Gasteiger charge is -2.13. The van der Waals surface area contributed by atoms with Gasteiger partial charge in [-0.05, 0) is 49.6 Å². The minimum Gasteiger partial charge on any atom is -0.479 e. The number of carbonyl (C=O) groups is 2. The molecule has 1 unspecified atom stereocenters. The van der Waals surface area contributed by atoms with E-state index < -0.39 is 12.1 Å². The molecule has 0 radical (unpaired) electrons. The normalized spacial score (nSPS) is 17.8. The lowest BCUT2D eigenvalue weighted by molar-refractivity contribution is -0.144. The highest BCUT2D eigenvalue weighted by Crippen LogP contribution is 2.28. The number of aryl methyl sites for hydroxylation is 1. The molecule has 5 nitrogen and oxygen atoms in total. The monoisotopic (exact) mass is 363 g/mol. The first-order valence-electron chi connectivity index (χ1n) is 7.20. The minimum atomic E-state index is -1.01. The van der Waals surface area contributed by atoms with E-state index >= 15 is 0 Å². The molecule has 126 valence electrons. The first-order valence-corrected chi connectivity index (χ1v) is 8.42. The van der Waals surface area contributed by atoms with Crippen molar-refractivity contribution in [2.75, 3.05) is 0 Å². The predicted octanol–water partition coefficient (Wildman–Crippen LogP) is 3.28. The number of thioether (sulfide) groups is 1. The van der Waals surface area contributed by atoms with E-state index in [2.05, 4.69) is 5.32 Å². The van der Waals surface area contributed by atoms with E-state index in [1.807, 2.05) is 38.1 Å². The van der Waals surface area contributed by atoms with Crippen LogP contribution in [0.3, 0.4) is 0 Å². The Kier molecular flexibility index (Phi) is 5.80. The highest BCUT2D eigenvalue weighted by molar-refractivity contribution is 8.26. The van der Waals surface area contributed by atoms with Crippen LogP contribution in [-0.4, -0.2) is 27.4 Å². The zero-order valence-electron chi connectivity index (χ0n) is 13.5. The Morgan fingerprint density at radius 1 is 1.46 bits per heavy atom. The van der Waals surface area contributed by atoms with Crippen LogP contribution in [0.2, 0.25) is 0 Å². The van der Waals surface area contributed by atoms with Crippen molar-refractivity contribution in [3.63, 3.8) is 0 Å². The number of hydrogen-bond donors (Lipinski definition) is 2. The van der Waals surface area contributed by atoms with Crippen molar-refractivity contribution in [2.24, 2.45) is 0 Å². The zero-order valence-corrected chi connectivity index (χ0v) is 15.1. The van der Waals surface area contributed by atoms with E-state index in [1.165, 1.54) is 18.7 Å². The van der Waals surface area contributed by atoms with Crippen molar-refractivity contribution < 1.29 is 19.4 Å². The molecule has 1 heterocycles. The van der Waals surface area contributed by atoms with Crippen LogP contribution in [0.4, 0.5) is 0 Å². The smallest absolute Gasteiger partial charge is 0.344 e. The van der Waals surface area contributed by atoms with Gasteiger partial charge in [-0.15, -0.1) is 0 Å². The topological polar surface area (TPSA) is 75.6 Å². The molecule has 24 heavy (non-hydrogen) atoms. The van der Waals surface area contributed by atoms with Crippen LogP contribution < -0.4 is 10.1 Å². The number of nitrogens with one attached hydrogen (secondary N) is 1. The Morgan fingerprint density at radius 2 is 2.17 bits per heavy atom. The Labute approximate surface area is 149 Å². The van der Waals surface area contributed by atoms with Crippen molar-refractivity contribution in [1.82, 2.24) is 5.32 Å². The summed E-state index contributed by atoms with van der Waals surface area (Å²) in [5, 5.41) is 11.5. The van der Waals surface area contributed by atoms with Crippen molar-refractivity contribution >= 4 is 46.3 Å². The van der Waals surface area contributed by atoms with Gasteiger partial charge in [-0.2, -0.15) is 0 Å². The number of benzene rings is 1. The summed E-state index contributed by atoms with van der Waals surface area (Å²) in [6, 6.07) is 5.46. The molecule has 0 spiro atoms. The van der Waals surface area contributed by atoms with Gasteiger partial charge in [-0.1, -0.05) is 42.2 Å². The van der Waals surface area contributed by atoms with E-state index in [-0.39, 0.29) is 5.91 Å². The quantitative estimate of drug-likeness (QED) is 0.618. The largest absolute Gasteiger partial charge is 0.479 e. The number of allylic oxidation sites excluding steroid dienone is 2. The number of carbonyl (C=O) groups excluding carboxylic acids is 1. The SMILES string of the molecule is CC(C=Cc1ccc(OC(C)C(=O)O)c(C)c1)=C1SC(=S)NC1=O. The van der Waals surface area contributed by atoms with E-state index in [0.29, 0.717) is 15.0 Å². The molecule has 2 N–H and O–H groups in total. The van der Waals surface area contributed by atoms with Gasteiger partial charge in [0.15, 0.2) is 6.10 Å². The molecule has 1 aliphatic heterocycles. The fourth-order valence-corrected chi connectivity index (χ4v) is 3.06. The highest BCUT2D eigenvalue weighted by atomic mass is 32.2. The molecule has 0 saturated carbocycles. The van der Waals surface area contributed by atoms with Crippen molar-refractivity contribution in [3.8, 4) is 5.75 Å². The number of carboxylic acid groups (broad SMARTS) is 1. The summed E-state index contributed by atoms with van der Waals surface area (Å²) in [5.41, 5.74) is 2.59. The Hall–Kier alpha value is -2.12. The summed E-state index contributed by atoms with van der Waals surface area (Å²) >= 11 is 6.23. The third-order valence-electron chi connectivity index (χ3n) is 3.35. The van der Waals surface area contributed by atoms with Crippen LogP contribution in [0.5, 0.6) is 5.75 Å². The number of hydrogen-bond acceptors (Lipinski definition) is 5. The molecule has 1 aromatic carbocycles. The molecular weight excluding hydrogens is 346 g/mol. The number of aliphatic carboxylic acids is 1. The van der Waals surface area contributed by atoms with Crippen LogP contribution >= 0.6 is 24.0 Å². The molecule has 7 heteroatoms. The summed E-state index contributed by atoms with van der Waals surface area (Å²) in [4.78, 5) is 23.2. The summed E-state index contributed by atoms with van der Waals surface area (Å²) in [7, 11) is 0. The van der Waals surface area contributed by atoms with Gasteiger partial charge < -0.3 is 15.2 Å². The predicted molar refractivity (Wildman–Crippen MR) is 99.0 cm³/mol. The second kappa shape index (κ2) is 7.63. The van der Waals surface area contributed by atoms with E-state index in [9.17, 15) is 9.59 Å². The molecule has 1 aromatic rings. The maximum absolute atomic E-state index is 11.7. The highest BCUT2D eigenvalue weighted by Gasteiger charge is 2.23. The average Bonchev–Trinajstić information content (AvgIpc) is 2.85. The molecular formula is C17H17NO4S2. The van der Waals surface area contributed by atoms with Crippen LogP contribution in [0, 0.1) is 6.92 Å². The van der Waals surface area contributed by atoms with Crippen molar-refractivity contribution in [2.45, 2.75) is 26.9 Å². The second-order valence-corrected chi connectivity index (χ2v) is 7.00. The minimum absolute atomic E-state index is 0.172. The molecule has 0 aliphatic carbocycles. The van der Waals surface area contributed by atoms with Crippen LogP contribution in [0.25, 0.3) is 6.08 Å².